The lowest BCUT2D eigenvalue weighted by Crippen LogP contribution is -2.07. The van der Waals surface area contributed by atoms with Crippen LogP contribution in [-0.4, -0.2) is 10.2 Å². The zero-order valence-corrected chi connectivity index (χ0v) is 16.6. The van der Waals surface area contributed by atoms with E-state index in [1.54, 1.807) is 24.3 Å². The number of phenolic OH excluding ortho intramolecular Hbond substituents is 2. The highest BCUT2D eigenvalue weighted by Gasteiger charge is 2.21. The molecule has 2 nitrogen and oxygen atoms in total. The first-order valence-corrected chi connectivity index (χ1v) is 9.77. The van der Waals surface area contributed by atoms with E-state index in [-0.39, 0.29) is 17.4 Å². The lowest BCUT2D eigenvalue weighted by atomic mass is 9.81. The molecule has 2 heteroatoms. The van der Waals surface area contributed by atoms with E-state index >= 15 is 0 Å². The molecule has 0 aliphatic rings. The van der Waals surface area contributed by atoms with Crippen molar-refractivity contribution >= 4 is 0 Å². The summed E-state index contributed by atoms with van der Waals surface area (Å²) in [4.78, 5) is 0. The highest BCUT2D eigenvalue weighted by molar-refractivity contribution is 5.64. The summed E-state index contributed by atoms with van der Waals surface area (Å²) in [5, 5.41) is 19.8. The highest BCUT2D eigenvalue weighted by Crippen LogP contribution is 2.38. The van der Waals surface area contributed by atoms with Crippen LogP contribution in [0, 0.1) is 13.8 Å². The molecule has 0 aliphatic carbocycles. The van der Waals surface area contributed by atoms with Gasteiger partial charge in [0.25, 0.3) is 0 Å². The summed E-state index contributed by atoms with van der Waals surface area (Å²) in [5.41, 5.74) is 7.90. The van der Waals surface area contributed by atoms with Crippen LogP contribution in [0.5, 0.6) is 11.5 Å². The summed E-state index contributed by atoms with van der Waals surface area (Å²) in [6, 6.07) is 30.1. The van der Waals surface area contributed by atoms with Gasteiger partial charge < -0.3 is 10.2 Å². The molecule has 0 spiro atoms. The number of rotatable bonds is 4. The fourth-order valence-electron chi connectivity index (χ4n) is 3.99. The summed E-state index contributed by atoms with van der Waals surface area (Å²) >= 11 is 0. The molecule has 0 aliphatic heterocycles. The molecule has 0 heterocycles. The zero-order chi connectivity index (χ0) is 20.4. The number of hydrogen-bond acceptors (Lipinski definition) is 2. The number of phenols is 2. The Morgan fingerprint density at radius 1 is 0.552 bits per heavy atom. The molecule has 0 unspecified atom stereocenters. The van der Waals surface area contributed by atoms with Crippen LogP contribution in [0.1, 0.15) is 33.7 Å². The first-order valence-electron chi connectivity index (χ1n) is 9.77. The van der Waals surface area contributed by atoms with Crippen LogP contribution in [0.3, 0.4) is 0 Å². The summed E-state index contributed by atoms with van der Waals surface area (Å²) in [7, 11) is 0. The quantitative estimate of drug-likeness (QED) is 0.394. The van der Waals surface area contributed by atoms with Gasteiger partial charge in [0.1, 0.15) is 11.5 Å². The van der Waals surface area contributed by atoms with E-state index in [4.69, 9.17) is 0 Å². The van der Waals surface area contributed by atoms with Gasteiger partial charge in [-0.3, -0.25) is 0 Å². The van der Waals surface area contributed by atoms with Gasteiger partial charge in [0.15, 0.2) is 0 Å². The molecule has 2 N–H and O–H groups in total. The van der Waals surface area contributed by atoms with Crippen LogP contribution >= 0.6 is 0 Å². The van der Waals surface area contributed by atoms with Crippen molar-refractivity contribution in [3.8, 4) is 22.6 Å². The van der Waals surface area contributed by atoms with Crippen molar-refractivity contribution in [3.63, 3.8) is 0 Å². The Hall–Kier alpha value is -3.52. The Bertz CT molecular complexity index is 1080. The molecule has 0 bridgehead atoms. The van der Waals surface area contributed by atoms with Crippen LogP contribution in [-0.2, 0) is 0 Å². The molecule has 0 saturated carbocycles. The largest absolute Gasteiger partial charge is 0.508 e. The van der Waals surface area contributed by atoms with Gasteiger partial charge >= 0.3 is 0 Å². The molecule has 4 aromatic rings. The van der Waals surface area contributed by atoms with Crippen molar-refractivity contribution in [1.29, 1.82) is 0 Å². The third-order valence-electron chi connectivity index (χ3n) is 5.48. The molecule has 0 fully saturated rings. The Labute approximate surface area is 171 Å². The lowest BCUT2D eigenvalue weighted by molar-refractivity contribution is 0.474. The van der Waals surface area contributed by atoms with Crippen LogP contribution < -0.4 is 0 Å². The van der Waals surface area contributed by atoms with Crippen LogP contribution in [0.15, 0.2) is 91.0 Å². The first kappa shape index (κ1) is 18.8. The Morgan fingerprint density at radius 2 is 1.03 bits per heavy atom. The average Bonchev–Trinajstić information content (AvgIpc) is 2.72. The smallest absolute Gasteiger partial charge is 0.115 e. The minimum atomic E-state index is 0.0148. The molecule has 4 rings (SSSR count). The average molecular weight is 380 g/mol. The normalized spacial score (nSPS) is 11.0. The predicted molar refractivity (Wildman–Crippen MR) is 119 cm³/mol. The second-order valence-corrected chi connectivity index (χ2v) is 7.50. The van der Waals surface area contributed by atoms with E-state index in [2.05, 4.69) is 36.4 Å². The summed E-state index contributed by atoms with van der Waals surface area (Å²) in [6.45, 7) is 4.05. The van der Waals surface area contributed by atoms with Gasteiger partial charge in [0.2, 0.25) is 0 Å². The SMILES string of the molecule is Cc1cc(O)ccc1C(c1ccc(-c2ccccc2)cc1)c1ccc(O)cc1C. The molecule has 0 saturated heterocycles. The predicted octanol–water partition coefficient (Wildman–Crippen LogP) is 6.56. The van der Waals surface area contributed by atoms with Gasteiger partial charge in [-0.25, -0.2) is 0 Å². The minimum Gasteiger partial charge on any atom is -0.508 e. The highest BCUT2D eigenvalue weighted by atomic mass is 16.3. The monoisotopic (exact) mass is 380 g/mol. The summed E-state index contributed by atoms with van der Waals surface area (Å²) in [6.07, 6.45) is 0. The van der Waals surface area contributed by atoms with E-state index in [1.165, 1.54) is 16.7 Å². The van der Waals surface area contributed by atoms with Gasteiger partial charge in [-0.15, -0.1) is 0 Å². The third-order valence-corrected chi connectivity index (χ3v) is 5.48. The number of aromatic hydroxyl groups is 2. The van der Waals surface area contributed by atoms with Crippen molar-refractivity contribution in [3.05, 3.63) is 119 Å². The van der Waals surface area contributed by atoms with Crippen molar-refractivity contribution in [2.24, 2.45) is 0 Å². The maximum absolute atomic E-state index is 9.88. The van der Waals surface area contributed by atoms with E-state index in [1.807, 2.05) is 44.2 Å². The Morgan fingerprint density at radius 3 is 1.52 bits per heavy atom. The van der Waals surface area contributed by atoms with Crippen molar-refractivity contribution in [2.75, 3.05) is 0 Å². The van der Waals surface area contributed by atoms with Crippen LogP contribution in [0.2, 0.25) is 0 Å². The molecule has 0 atom stereocenters. The number of benzene rings is 4. The summed E-state index contributed by atoms with van der Waals surface area (Å²) in [5.74, 6) is 0.555. The molecule has 0 radical (unpaired) electrons. The molecular weight excluding hydrogens is 356 g/mol. The molecule has 0 amide bonds. The van der Waals surface area contributed by atoms with Crippen molar-refractivity contribution in [1.82, 2.24) is 0 Å². The second-order valence-electron chi connectivity index (χ2n) is 7.50. The van der Waals surface area contributed by atoms with Gasteiger partial charge in [-0.2, -0.15) is 0 Å². The molecule has 4 aromatic carbocycles. The van der Waals surface area contributed by atoms with E-state index < -0.39 is 0 Å². The molecule has 144 valence electrons. The number of hydrogen-bond donors (Lipinski definition) is 2. The summed E-state index contributed by atoms with van der Waals surface area (Å²) < 4.78 is 0. The van der Waals surface area contributed by atoms with E-state index in [9.17, 15) is 10.2 Å². The minimum absolute atomic E-state index is 0.0148. The van der Waals surface area contributed by atoms with Crippen LogP contribution in [0.4, 0.5) is 0 Å². The Balaban J connectivity index is 1.84. The second kappa shape index (κ2) is 7.84. The lowest BCUT2D eigenvalue weighted by Gasteiger charge is -2.23. The first-order chi connectivity index (χ1) is 14.0. The fraction of sp³-hybridized carbons (Fsp3) is 0.111. The van der Waals surface area contributed by atoms with Crippen molar-refractivity contribution < 1.29 is 10.2 Å². The molecule has 0 aromatic heterocycles. The van der Waals surface area contributed by atoms with Gasteiger partial charge in [-0.05, 0) is 77.1 Å². The van der Waals surface area contributed by atoms with Crippen molar-refractivity contribution in [2.45, 2.75) is 19.8 Å². The topological polar surface area (TPSA) is 40.5 Å². The van der Waals surface area contributed by atoms with E-state index in [0.717, 1.165) is 22.3 Å². The maximum atomic E-state index is 9.88. The van der Waals surface area contributed by atoms with Gasteiger partial charge in [-0.1, -0.05) is 66.7 Å². The standard InChI is InChI=1S/C27H24O2/c1-18-16-23(28)12-14-25(18)27(26-15-13-24(29)17-19(26)2)22-10-8-21(9-11-22)20-6-4-3-5-7-20/h3-17,27-29H,1-2H3. The van der Waals surface area contributed by atoms with Crippen LogP contribution in [0.25, 0.3) is 11.1 Å². The van der Waals surface area contributed by atoms with Gasteiger partial charge in [0.05, 0.1) is 0 Å². The molecule has 29 heavy (non-hydrogen) atoms. The molecular formula is C27H24O2. The number of aryl methyl sites for hydroxylation is 2. The third kappa shape index (κ3) is 3.88. The fourth-order valence-corrected chi connectivity index (χ4v) is 3.99. The van der Waals surface area contributed by atoms with E-state index in [0.29, 0.717) is 0 Å². The van der Waals surface area contributed by atoms with Gasteiger partial charge in [0, 0.05) is 5.92 Å². The Kier molecular flexibility index (Phi) is 5.09. The zero-order valence-electron chi connectivity index (χ0n) is 16.6. The maximum Gasteiger partial charge on any atom is 0.115 e.